The number of halogens is 1. The summed E-state index contributed by atoms with van der Waals surface area (Å²) in [6.07, 6.45) is 1.73. The predicted molar refractivity (Wildman–Crippen MR) is 141 cm³/mol. The Kier molecular flexibility index (Phi) is 7.89. The lowest BCUT2D eigenvalue weighted by Crippen LogP contribution is -2.19. The van der Waals surface area contributed by atoms with Crippen LogP contribution in [0.4, 0.5) is 5.69 Å². The fourth-order valence-corrected chi connectivity index (χ4v) is 4.55. The van der Waals surface area contributed by atoms with Crippen LogP contribution in [0, 0.1) is 0 Å². The minimum Gasteiger partial charge on any atom is -0.497 e. The molecule has 0 radical (unpaired) electrons. The first-order valence-electron chi connectivity index (χ1n) is 10.6. The molecule has 9 heteroatoms. The van der Waals surface area contributed by atoms with Crippen LogP contribution in [0.2, 0.25) is 0 Å². The van der Waals surface area contributed by atoms with Crippen LogP contribution in [0.3, 0.4) is 0 Å². The Bertz CT molecular complexity index is 1310. The SMILES string of the molecule is CCOc1cc(/C=C2\SC(=Nc3ccc(OC)cc3)NC2=O)cc(Br)c1OC(=O)c1ccccc1. The van der Waals surface area contributed by atoms with E-state index in [2.05, 4.69) is 26.2 Å². The van der Waals surface area contributed by atoms with E-state index in [-0.39, 0.29) is 11.7 Å². The highest BCUT2D eigenvalue weighted by atomic mass is 79.9. The quantitative estimate of drug-likeness (QED) is 0.221. The summed E-state index contributed by atoms with van der Waals surface area (Å²) in [7, 11) is 1.60. The number of methoxy groups -OCH3 is 1. The fourth-order valence-electron chi connectivity index (χ4n) is 3.17. The van der Waals surface area contributed by atoms with Gasteiger partial charge >= 0.3 is 5.97 Å². The molecule has 7 nitrogen and oxygen atoms in total. The molecule has 1 fully saturated rings. The van der Waals surface area contributed by atoms with Crippen molar-refractivity contribution < 1.29 is 23.8 Å². The van der Waals surface area contributed by atoms with Crippen molar-refractivity contribution >= 4 is 56.5 Å². The Morgan fingerprint density at radius 1 is 1.11 bits per heavy atom. The second-order valence-corrected chi connectivity index (χ2v) is 9.08. The largest absolute Gasteiger partial charge is 0.497 e. The first-order chi connectivity index (χ1) is 17.0. The number of ether oxygens (including phenoxy) is 3. The second kappa shape index (κ2) is 11.2. The molecule has 178 valence electrons. The summed E-state index contributed by atoms with van der Waals surface area (Å²) in [5.74, 6) is 0.632. The smallest absolute Gasteiger partial charge is 0.343 e. The van der Waals surface area contributed by atoms with Crippen LogP contribution in [-0.2, 0) is 4.79 Å². The van der Waals surface area contributed by atoms with Crippen LogP contribution in [0.1, 0.15) is 22.8 Å². The molecule has 1 amide bonds. The highest BCUT2D eigenvalue weighted by Gasteiger charge is 2.24. The third-order valence-electron chi connectivity index (χ3n) is 4.79. The fraction of sp³-hybridized carbons (Fsp3) is 0.115. The van der Waals surface area contributed by atoms with Crippen LogP contribution in [0.5, 0.6) is 17.2 Å². The number of amidine groups is 1. The van der Waals surface area contributed by atoms with Crippen molar-refractivity contribution in [3.63, 3.8) is 0 Å². The molecule has 4 rings (SSSR count). The van der Waals surface area contributed by atoms with Gasteiger partial charge in [0.05, 0.1) is 34.3 Å². The van der Waals surface area contributed by atoms with Gasteiger partial charge in [0.2, 0.25) is 0 Å². The zero-order valence-electron chi connectivity index (χ0n) is 18.9. The zero-order valence-corrected chi connectivity index (χ0v) is 21.3. The molecule has 1 heterocycles. The number of thioether (sulfide) groups is 1. The second-order valence-electron chi connectivity index (χ2n) is 7.20. The molecule has 3 aromatic rings. The molecule has 1 N–H and O–H groups in total. The van der Waals surface area contributed by atoms with Crippen molar-refractivity contribution in [2.45, 2.75) is 6.92 Å². The van der Waals surface area contributed by atoms with E-state index < -0.39 is 5.97 Å². The Morgan fingerprint density at radius 2 is 1.86 bits per heavy atom. The van der Waals surface area contributed by atoms with E-state index in [1.807, 2.05) is 13.0 Å². The van der Waals surface area contributed by atoms with Crippen LogP contribution in [-0.4, -0.2) is 30.8 Å². The van der Waals surface area contributed by atoms with Gasteiger partial charge in [0.1, 0.15) is 5.75 Å². The monoisotopic (exact) mass is 552 g/mol. The highest BCUT2D eigenvalue weighted by molar-refractivity contribution is 9.10. The van der Waals surface area contributed by atoms with Crippen molar-refractivity contribution in [2.24, 2.45) is 4.99 Å². The molecule has 0 saturated carbocycles. The molecular formula is C26H21BrN2O5S. The van der Waals surface area contributed by atoms with Crippen LogP contribution >= 0.6 is 27.7 Å². The topological polar surface area (TPSA) is 86.2 Å². The third-order valence-corrected chi connectivity index (χ3v) is 6.29. The van der Waals surface area contributed by atoms with Gasteiger partial charge in [-0.15, -0.1) is 0 Å². The van der Waals surface area contributed by atoms with Crippen molar-refractivity contribution in [3.05, 3.63) is 87.2 Å². The number of nitrogens with zero attached hydrogens (tertiary/aromatic N) is 1. The molecule has 1 saturated heterocycles. The van der Waals surface area contributed by atoms with Crippen molar-refractivity contribution in [3.8, 4) is 17.2 Å². The average Bonchev–Trinajstić information content (AvgIpc) is 3.20. The van der Waals surface area contributed by atoms with E-state index in [1.54, 1.807) is 73.8 Å². The number of aliphatic imine (C=N–C) groups is 1. The lowest BCUT2D eigenvalue weighted by Gasteiger charge is -2.13. The van der Waals surface area contributed by atoms with Crippen molar-refractivity contribution in [1.29, 1.82) is 0 Å². The maximum atomic E-state index is 12.6. The van der Waals surface area contributed by atoms with Gasteiger partial charge in [-0.3, -0.25) is 4.79 Å². The van der Waals surface area contributed by atoms with Gasteiger partial charge in [0.15, 0.2) is 16.7 Å². The van der Waals surface area contributed by atoms with Gasteiger partial charge in [-0.25, -0.2) is 9.79 Å². The number of hydrogen-bond donors (Lipinski definition) is 1. The number of carbonyl (C=O) groups is 2. The molecule has 0 unspecified atom stereocenters. The molecule has 0 aliphatic carbocycles. The predicted octanol–water partition coefficient (Wildman–Crippen LogP) is 5.97. The highest BCUT2D eigenvalue weighted by Crippen LogP contribution is 2.39. The Balaban J connectivity index is 1.57. The summed E-state index contributed by atoms with van der Waals surface area (Å²) in [5, 5.41) is 3.25. The number of amides is 1. The van der Waals surface area contributed by atoms with Gasteiger partial charge < -0.3 is 19.5 Å². The Hall–Kier alpha value is -3.56. The molecule has 0 bridgehead atoms. The van der Waals surface area contributed by atoms with Gasteiger partial charge in [-0.05, 0) is 94.8 Å². The first kappa shape index (κ1) is 24.6. The van der Waals surface area contributed by atoms with Crippen molar-refractivity contribution in [1.82, 2.24) is 5.32 Å². The number of nitrogens with one attached hydrogen (secondary N) is 1. The molecule has 0 atom stereocenters. The molecule has 0 aromatic heterocycles. The normalized spacial score (nSPS) is 15.2. The van der Waals surface area contributed by atoms with E-state index in [9.17, 15) is 9.59 Å². The summed E-state index contributed by atoms with van der Waals surface area (Å²) in [6, 6.07) is 19.4. The molecule has 3 aromatic carbocycles. The minimum absolute atomic E-state index is 0.254. The Morgan fingerprint density at radius 3 is 2.54 bits per heavy atom. The average molecular weight is 553 g/mol. The summed E-state index contributed by atoms with van der Waals surface area (Å²) >= 11 is 4.71. The Labute approximate surface area is 215 Å². The lowest BCUT2D eigenvalue weighted by molar-refractivity contribution is -0.115. The summed E-state index contributed by atoms with van der Waals surface area (Å²) in [6.45, 7) is 2.21. The first-order valence-corrected chi connectivity index (χ1v) is 12.2. The lowest BCUT2D eigenvalue weighted by atomic mass is 10.1. The zero-order chi connectivity index (χ0) is 24.8. The summed E-state index contributed by atoms with van der Waals surface area (Å²) in [5.41, 5.74) is 1.82. The molecule has 0 spiro atoms. The molecule has 35 heavy (non-hydrogen) atoms. The van der Waals surface area contributed by atoms with Gasteiger partial charge in [-0.1, -0.05) is 18.2 Å². The number of benzene rings is 3. The minimum atomic E-state index is -0.497. The third kappa shape index (κ3) is 6.12. The molecular weight excluding hydrogens is 532 g/mol. The number of hydrogen-bond acceptors (Lipinski definition) is 7. The number of rotatable bonds is 7. The van der Waals surface area contributed by atoms with E-state index in [4.69, 9.17) is 14.2 Å². The maximum Gasteiger partial charge on any atom is 0.343 e. The van der Waals surface area contributed by atoms with E-state index in [1.165, 1.54) is 11.8 Å². The van der Waals surface area contributed by atoms with Crippen LogP contribution < -0.4 is 19.5 Å². The van der Waals surface area contributed by atoms with E-state index in [0.717, 1.165) is 5.75 Å². The van der Waals surface area contributed by atoms with Crippen molar-refractivity contribution in [2.75, 3.05) is 13.7 Å². The summed E-state index contributed by atoms with van der Waals surface area (Å²) in [4.78, 5) is 30.0. The van der Waals surface area contributed by atoms with E-state index >= 15 is 0 Å². The van der Waals surface area contributed by atoms with Crippen LogP contribution in [0.25, 0.3) is 6.08 Å². The maximum absolute atomic E-state index is 12.6. The molecule has 1 aliphatic heterocycles. The van der Waals surface area contributed by atoms with Gasteiger partial charge in [-0.2, -0.15) is 0 Å². The van der Waals surface area contributed by atoms with Crippen LogP contribution in [0.15, 0.2) is 81.1 Å². The van der Waals surface area contributed by atoms with Gasteiger partial charge in [0.25, 0.3) is 5.91 Å². The standard InChI is InChI=1S/C26H21BrN2O5S/c1-3-33-21-14-16(13-20(27)23(21)34-25(31)17-7-5-4-6-8-17)15-22-24(30)29-26(35-22)28-18-9-11-19(32-2)12-10-18/h4-15H,3H2,1-2H3,(H,28,29,30)/b22-15-. The number of esters is 1. The van der Waals surface area contributed by atoms with E-state index in [0.29, 0.717) is 43.7 Å². The molecule has 1 aliphatic rings. The number of carbonyl (C=O) groups excluding carboxylic acids is 2. The summed E-state index contributed by atoms with van der Waals surface area (Å²) < 4.78 is 17.0. The van der Waals surface area contributed by atoms with Gasteiger partial charge in [0, 0.05) is 0 Å².